The van der Waals surface area contributed by atoms with Gasteiger partial charge in [0.05, 0.1) is 11.4 Å². The van der Waals surface area contributed by atoms with Crippen molar-refractivity contribution in [1.29, 1.82) is 0 Å². The molecule has 0 bridgehead atoms. The van der Waals surface area contributed by atoms with Crippen LogP contribution in [0.25, 0.3) is 11.3 Å². The van der Waals surface area contributed by atoms with Crippen LogP contribution in [0.2, 0.25) is 0 Å². The smallest absolute Gasteiger partial charge is 0.132 e. The summed E-state index contributed by atoms with van der Waals surface area (Å²) in [4.78, 5) is 0. The zero-order valence-corrected chi connectivity index (χ0v) is 10.6. The number of hydrogen-bond acceptors (Lipinski definition) is 2. The van der Waals surface area contributed by atoms with Crippen LogP contribution in [-0.4, -0.2) is 16.8 Å². The Labute approximate surface area is 104 Å². The molecule has 0 fully saturated rings. The maximum atomic E-state index is 13.8. The molecule has 3 nitrogen and oxygen atoms in total. The Kier molecular flexibility index (Phi) is 3.43. The largest absolute Gasteiger partial charge is 0.314 e. The third-order valence-electron chi connectivity index (χ3n) is 2.91. The van der Waals surface area contributed by atoms with E-state index in [1.165, 1.54) is 6.07 Å². The highest BCUT2D eigenvalue weighted by Crippen LogP contribution is 2.28. The molecule has 2 aromatic rings. The van der Waals surface area contributed by atoms with E-state index in [0.717, 1.165) is 23.4 Å². The molecule has 0 radical (unpaired) electrons. The number of hydrogen-bond donors (Lipinski definition) is 1. The molecule has 0 amide bonds. The monoisotopic (exact) mass is 251 g/mol. The summed E-state index contributed by atoms with van der Waals surface area (Å²) in [5.41, 5.74) is 2.54. The molecule has 2 rings (SSSR count). The first kappa shape index (κ1) is 12.7. The van der Waals surface area contributed by atoms with E-state index < -0.39 is 11.6 Å². The van der Waals surface area contributed by atoms with E-state index in [9.17, 15) is 8.78 Å². The van der Waals surface area contributed by atoms with E-state index in [2.05, 4.69) is 10.4 Å². The van der Waals surface area contributed by atoms with Crippen molar-refractivity contribution in [2.24, 2.45) is 7.05 Å². The molecule has 0 atom stereocenters. The minimum atomic E-state index is -0.456. The predicted molar refractivity (Wildman–Crippen MR) is 66.1 cm³/mol. The van der Waals surface area contributed by atoms with Crippen LogP contribution in [0.1, 0.15) is 11.3 Å². The first-order chi connectivity index (χ1) is 8.54. The molecule has 96 valence electrons. The minimum absolute atomic E-state index is 0.241. The number of halogens is 2. The maximum absolute atomic E-state index is 13.8. The second kappa shape index (κ2) is 4.86. The van der Waals surface area contributed by atoms with Gasteiger partial charge in [0.1, 0.15) is 11.6 Å². The average molecular weight is 251 g/mol. The van der Waals surface area contributed by atoms with Gasteiger partial charge in [-0.15, -0.1) is 0 Å². The SMILES string of the molecule is CNCc1nn(C)c(-c2cc(F)ccc2F)c1C. The molecular formula is C13H15F2N3. The van der Waals surface area contributed by atoms with Crippen LogP contribution < -0.4 is 5.32 Å². The number of nitrogens with zero attached hydrogens (tertiary/aromatic N) is 2. The van der Waals surface area contributed by atoms with Crippen molar-refractivity contribution in [2.45, 2.75) is 13.5 Å². The molecule has 0 aliphatic heterocycles. The van der Waals surface area contributed by atoms with Gasteiger partial charge in [-0.3, -0.25) is 4.68 Å². The molecule has 0 spiro atoms. The van der Waals surface area contributed by atoms with Crippen molar-refractivity contribution in [3.8, 4) is 11.3 Å². The van der Waals surface area contributed by atoms with Crippen LogP contribution in [0.3, 0.4) is 0 Å². The maximum Gasteiger partial charge on any atom is 0.132 e. The second-order valence-corrected chi connectivity index (χ2v) is 4.20. The van der Waals surface area contributed by atoms with Crippen LogP contribution >= 0.6 is 0 Å². The third-order valence-corrected chi connectivity index (χ3v) is 2.91. The molecule has 1 aromatic carbocycles. The van der Waals surface area contributed by atoms with Crippen molar-refractivity contribution in [1.82, 2.24) is 15.1 Å². The molecule has 0 saturated carbocycles. The summed E-state index contributed by atoms with van der Waals surface area (Å²) in [6.45, 7) is 2.45. The first-order valence-electron chi connectivity index (χ1n) is 5.67. The highest BCUT2D eigenvalue weighted by molar-refractivity contribution is 5.65. The fourth-order valence-electron chi connectivity index (χ4n) is 2.08. The van der Waals surface area contributed by atoms with Crippen molar-refractivity contribution in [3.05, 3.63) is 41.1 Å². The summed E-state index contributed by atoms with van der Waals surface area (Å²) in [6.07, 6.45) is 0. The normalized spacial score (nSPS) is 10.9. The standard InChI is InChI=1S/C13H15F2N3/c1-8-12(7-16-2)17-18(3)13(8)10-6-9(14)4-5-11(10)15/h4-6,16H,7H2,1-3H3. The molecule has 0 unspecified atom stereocenters. The Morgan fingerprint density at radius 1 is 1.33 bits per heavy atom. The van der Waals surface area contributed by atoms with Gasteiger partial charge >= 0.3 is 0 Å². The van der Waals surface area contributed by atoms with Gasteiger partial charge in [-0.05, 0) is 37.7 Å². The lowest BCUT2D eigenvalue weighted by atomic mass is 10.1. The number of rotatable bonds is 3. The topological polar surface area (TPSA) is 29.9 Å². The molecule has 0 aliphatic carbocycles. The average Bonchev–Trinajstić information content (AvgIpc) is 2.59. The number of nitrogens with one attached hydrogen (secondary N) is 1. The number of aryl methyl sites for hydroxylation is 1. The summed E-state index contributed by atoms with van der Waals surface area (Å²) in [7, 11) is 3.54. The van der Waals surface area contributed by atoms with Gasteiger partial charge in [0.2, 0.25) is 0 Å². The van der Waals surface area contributed by atoms with Gasteiger partial charge in [-0.25, -0.2) is 8.78 Å². The Morgan fingerprint density at radius 3 is 2.72 bits per heavy atom. The van der Waals surface area contributed by atoms with Gasteiger partial charge in [0.25, 0.3) is 0 Å². The molecule has 18 heavy (non-hydrogen) atoms. The quantitative estimate of drug-likeness (QED) is 0.907. The zero-order valence-electron chi connectivity index (χ0n) is 10.6. The molecule has 1 N–H and O–H groups in total. The lowest BCUT2D eigenvalue weighted by molar-refractivity contribution is 0.600. The van der Waals surface area contributed by atoms with Crippen molar-refractivity contribution < 1.29 is 8.78 Å². The summed E-state index contributed by atoms with van der Waals surface area (Å²) < 4.78 is 28.6. The lowest BCUT2D eigenvalue weighted by Crippen LogP contribution is -2.06. The van der Waals surface area contributed by atoms with E-state index in [1.807, 2.05) is 14.0 Å². The van der Waals surface area contributed by atoms with E-state index >= 15 is 0 Å². The Morgan fingerprint density at radius 2 is 2.06 bits per heavy atom. The molecule has 1 aromatic heterocycles. The third kappa shape index (κ3) is 2.13. The Bertz CT molecular complexity index is 576. The minimum Gasteiger partial charge on any atom is -0.314 e. The van der Waals surface area contributed by atoms with Gasteiger partial charge < -0.3 is 5.32 Å². The molecule has 0 saturated heterocycles. The van der Waals surface area contributed by atoms with Crippen molar-refractivity contribution >= 4 is 0 Å². The van der Waals surface area contributed by atoms with E-state index in [1.54, 1.807) is 11.7 Å². The van der Waals surface area contributed by atoms with Crippen molar-refractivity contribution in [3.63, 3.8) is 0 Å². The van der Waals surface area contributed by atoms with E-state index in [0.29, 0.717) is 12.2 Å². The first-order valence-corrected chi connectivity index (χ1v) is 5.67. The van der Waals surface area contributed by atoms with Gasteiger partial charge in [0, 0.05) is 19.2 Å². The highest BCUT2D eigenvalue weighted by Gasteiger charge is 2.17. The van der Waals surface area contributed by atoms with E-state index in [4.69, 9.17) is 0 Å². The lowest BCUT2D eigenvalue weighted by Gasteiger charge is -2.05. The van der Waals surface area contributed by atoms with E-state index in [-0.39, 0.29) is 5.56 Å². The molecular weight excluding hydrogens is 236 g/mol. The molecule has 1 heterocycles. The number of benzene rings is 1. The van der Waals surface area contributed by atoms with Crippen LogP contribution in [0.4, 0.5) is 8.78 Å². The summed E-state index contributed by atoms with van der Waals surface area (Å²) in [5, 5.41) is 7.31. The summed E-state index contributed by atoms with van der Waals surface area (Å²) in [6, 6.07) is 3.44. The Hall–Kier alpha value is -1.75. The number of aromatic nitrogens is 2. The fraction of sp³-hybridized carbons (Fsp3) is 0.308. The predicted octanol–water partition coefficient (Wildman–Crippen LogP) is 2.39. The summed E-state index contributed by atoms with van der Waals surface area (Å²) in [5.74, 6) is -0.902. The van der Waals surface area contributed by atoms with Crippen LogP contribution in [-0.2, 0) is 13.6 Å². The van der Waals surface area contributed by atoms with Crippen LogP contribution in [0.15, 0.2) is 18.2 Å². The second-order valence-electron chi connectivity index (χ2n) is 4.20. The highest BCUT2D eigenvalue weighted by atomic mass is 19.1. The van der Waals surface area contributed by atoms with Gasteiger partial charge in [-0.2, -0.15) is 5.10 Å². The zero-order chi connectivity index (χ0) is 13.3. The van der Waals surface area contributed by atoms with Crippen molar-refractivity contribution in [2.75, 3.05) is 7.05 Å². The molecule has 5 heteroatoms. The Balaban J connectivity index is 2.60. The van der Waals surface area contributed by atoms with Gasteiger partial charge in [-0.1, -0.05) is 0 Å². The van der Waals surface area contributed by atoms with Crippen LogP contribution in [0.5, 0.6) is 0 Å². The van der Waals surface area contributed by atoms with Crippen LogP contribution in [0, 0.1) is 18.6 Å². The summed E-state index contributed by atoms with van der Waals surface area (Å²) >= 11 is 0. The van der Waals surface area contributed by atoms with Gasteiger partial charge in [0.15, 0.2) is 0 Å². The molecule has 0 aliphatic rings. The fourth-order valence-corrected chi connectivity index (χ4v) is 2.08.